The Bertz CT molecular complexity index is 1830. The lowest BCUT2D eigenvalue weighted by molar-refractivity contribution is -0.190. The molecule has 1 aromatic heterocycles. The number of methoxy groups -OCH3 is 2. The molecule has 1 fully saturated rings. The van der Waals surface area contributed by atoms with Gasteiger partial charge in [0.15, 0.2) is 14.5 Å². The van der Waals surface area contributed by atoms with Crippen LogP contribution in [0.4, 0.5) is 0 Å². The highest BCUT2D eigenvalue weighted by atomic mass is 31.1. The lowest BCUT2D eigenvalue weighted by atomic mass is 9.79. The highest BCUT2D eigenvalue weighted by Crippen LogP contribution is 2.48. The highest BCUT2D eigenvalue weighted by Gasteiger charge is 2.55. The van der Waals surface area contributed by atoms with Crippen molar-refractivity contribution in [3.05, 3.63) is 129 Å². The molecule has 0 bridgehead atoms. The van der Waals surface area contributed by atoms with Crippen LogP contribution >= 0.6 is 8.25 Å². The van der Waals surface area contributed by atoms with Crippen molar-refractivity contribution in [2.45, 2.75) is 69.0 Å². The van der Waals surface area contributed by atoms with Crippen molar-refractivity contribution in [3.63, 3.8) is 0 Å². The Morgan fingerprint density at radius 3 is 1.86 bits per heavy atom. The number of H-pyrrole nitrogens is 1. The van der Waals surface area contributed by atoms with E-state index in [2.05, 4.69) is 38.8 Å². The first-order chi connectivity index (χ1) is 23.7. The first kappa shape index (κ1) is 37.3. The van der Waals surface area contributed by atoms with E-state index in [0.29, 0.717) is 11.5 Å². The standard InChI is InChI=1S/C36H43N2O10PSi/c1-35(2,3)50(6,7)48-32-31(29(23-45-49(41)42)46-33(32)38-22-21-30(39)37-34(38)40)47-36(24-11-9-8-10-12-24,25-13-17-27(43-4)18-14-25)26-15-19-28(44-5)20-16-26/h8-22,29,31-33H,23H2,1-7H3,(H,37,39,40)/t29-,31?,32+,33-/m1/s1. The smallest absolute Gasteiger partial charge is 0.488 e. The summed E-state index contributed by atoms with van der Waals surface area (Å²) in [6, 6.07) is 25.7. The number of hydrogen-bond acceptors (Lipinski definition) is 10. The second kappa shape index (κ2) is 15.1. The summed E-state index contributed by atoms with van der Waals surface area (Å²) in [7, 11) is -2.76. The second-order valence-electron chi connectivity index (χ2n) is 13.5. The van der Waals surface area contributed by atoms with Crippen molar-refractivity contribution in [3.8, 4) is 11.5 Å². The number of ether oxygens (including phenoxy) is 4. The zero-order valence-electron chi connectivity index (χ0n) is 29.2. The fourth-order valence-electron chi connectivity index (χ4n) is 5.85. The van der Waals surface area contributed by atoms with E-state index in [1.807, 2.05) is 78.9 Å². The van der Waals surface area contributed by atoms with Gasteiger partial charge in [0.05, 0.1) is 14.2 Å². The monoisotopic (exact) mass is 722 g/mol. The largest absolute Gasteiger partial charge is 0.566 e. The maximum atomic E-state index is 13.3. The van der Waals surface area contributed by atoms with Gasteiger partial charge in [-0.15, -0.1) is 4.52 Å². The summed E-state index contributed by atoms with van der Waals surface area (Å²) in [6.07, 6.45) is -2.86. The van der Waals surface area contributed by atoms with Gasteiger partial charge in [-0.3, -0.25) is 14.3 Å². The number of aromatic amines is 1. The van der Waals surface area contributed by atoms with E-state index in [9.17, 15) is 19.0 Å². The van der Waals surface area contributed by atoms with Crippen LogP contribution in [0.5, 0.6) is 11.5 Å². The van der Waals surface area contributed by atoms with Crippen LogP contribution in [0.15, 0.2) is 101 Å². The molecule has 2 unspecified atom stereocenters. The van der Waals surface area contributed by atoms with E-state index in [1.165, 1.54) is 16.8 Å². The van der Waals surface area contributed by atoms with Crippen LogP contribution in [-0.2, 0) is 28.6 Å². The van der Waals surface area contributed by atoms with Crippen LogP contribution in [0.3, 0.4) is 0 Å². The summed E-state index contributed by atoms with van der Waals surface area (Å²) in [5.74, 6) is 1.27. The lowest BCUT2D eigenvalue weighted by Gasteiger charge is -2.43. The van der Waals surface area contributed by atoms with E-state index in [1.54, 1.807) is 14.2 Å². The summed E-state index contributed by atoms with van der Waals surface area (Å²) in [4.78, 5) is 39.5. The predicted molar refractivity (Wildman–Crippen MR) is 188 cm³/mol. The highest BCUT2D eigenvalue weighted by molar-refractivity contribution is 7.30. The molecule has 5 atom stereocenters. The molecule has 0 aliphatic carbocycles. The van der Waals surface area contributed by atoms with E-state index in [4.69, 9.17) is 27.9 Å². The van der Waals surface area contributed by atoms with Crippen molar-refractivity contribution < 1.29 is 37.4 Å². The summed E-state index contributed by atoms with van der Waals surface area (Å²) in [6.45, 7) is 9.94. The first-order valence-electron chi connectivity index (χ1n) is 16.1. The molecule has 4 aromatic rings. The third kappa shape index (κ3) is 7.69. The molecule has 266 valence electrons. The molecular formula is C36H43N2O10PSi. The van der Waals surface area contributed by atoms with Crippen LogP contribution in [0.2, 0.25) is 18.1 Å². The molecule has 3 aromatic carbocycles. The Morgan fingerprint density at radius 2 is 1.38 bits per heavy atom. The summed E-state index contributed by atoms with van der Waals surface area (Å²) >= 11 is 0. The van der Waals surface area contributed by atoms with Crippen molar-refractivity contribution in [1.29, 1.82) is 0 Å². The Hall–Kier alpha value is -3.94. The average molecular weight is 723 g/mol. The zero-order chi connectivity index (χ0) is 36.3. The Labute approximate surface area is 293 Å². The van der Waals surface area contributed by atoms with Gasteiger partial charge in [0.2, 0.25) is 0 Å². The van der Waals surface area contributed by atoms with E-state index >= 15 is 0 Å². The Morgan fingerprint density at radius 1 is 0.840 bits per heavy atom. The molecule has 5 rings (SSSR count). The first-order valence-corrected chi connectivity index (χ1v) is 20.1. The summed E-state index contributed by atoms with van der Waals surface area (Å²) < 4.78 is 50.2. The third-order valence-electron chi connectivity index (χ3n) is 9.48. The molecule has 50 heavy (non-hydrogen) atoms. The molecule has 0 radical (unpaired) electrons. The SMILES string of the molecule is COc1ccc(C(OC2[C@@H](CO[P+](=O)[O-])O[C@@H](n3ccc(=O)[nH]c3=O)[C@H]2O[Si](C)(C)C(C)(C)C)(c2ccccc2)c2ccc(OC)cc2)cc1. The number of nitrogens with zero attached hydrogens (tertiary/aromatic N) is 1. The molecule has 1 saturated heterocycles. The van der Waals surface area contributed by atoms with Crippen LogP contribution in [-0.4, -0.2) is 57.0 Å². The van der Waals surface area contributed by atoms with Crippen LogP contribution < -0.4 is 25.6 Å². The molecular weight excluding hydrogens is 679 g/mol. The minimum atomic E-state index is -3.26. The summed E-state index contributed by atoms with van der Waals surface area (Å²) in [5.41, 5.74) is -0.461. The summed E-state index contributed by atoms with van der Waals surface area (Å²) in [5, 5.41) is -0.284. The molecule has 1 N–H and O–H groups in total. The van der Waals surface area contributed by atoms with Gasteiger partial charge < -0.3 is 28.3 Å². The minimum absolute atomic E-state index is 0.284. The fourth-order valence-corrected chi connectivity index (χ4v) is 7.40. The average Bonchev–Trinajstić information content (AvgIpc) is 3.41. The van der Waals surface area contributed by atoms with Crippen LogP contribution in [0, 0.1) is 0 Å². The van der Waals surface area contributed by atoms with Crippen molar-refractivity contribution >= 4 is 16.6 Å². The van der Waals surface area contributed by atoms with E-state index < -0.39 is 64.6 Å². The number of benzene rings is 3. The number of nitrogens with one attached hydrogen (secondary N) is 1. The fraction of sp³-hybridized carbons (Fsp3) is 0.389. The van der Waals surface area contributed by atoms with Gasteiger partial charge >= 0.3 is 13.9 Å². The molecule has 1 aliphatic rings. The van der Waals surface area contributed by atoms with Gasteiger partial charge in [-0.1, -0.05) is 75.4 Å². The molecule has 1 aliphatic heterocycles. The molecule has 2 heterocycles. The molecule has 14 heteroatoms. The van der Waals surface area contributed by atoms with Crippen molar-refractivity contribution in [2.75, 3.05) is 20.8 Å². The molecule has 0 saturated carbocycles. The molecule has 12 nitrogen and oxygen atoms in total. The predicted octanol–water partition coefficient (Wildman–Crippen LogP) is 5.25. The van der Waals surface area contributed by atoms with Crippen molar-refractivity contribution in [2.24, 2.45) is 0 Å². The number of hydrogen-bond donors (Lipinski definition) is 1. The van der Waals surface area contributed by atoms with Crippen LogP contribution in [0.25, 0.3) is 0 Å². The maximum absolute atomic E-state index is 13.3. The van der Waals surface area contributed by atoms with Gasteiger partial charge in [-0.25, -0.2) is 4.79 Å². The Balaban J connectivity index is 1.79. The number of aromatic nitrogens is 2. The number of rotatable bonds is 13. The molecule has 0 amide bonds. The van der Waals surface area contributed by atoms with E-state index in [-0.39, 0.29) is 5.04 Å². The van der Waals surface area contributed by atoms with Gasteiger partial charge in [-0.2, -0.15) is 0 Å². The topological polar surface area (TPSA) is 150 Å². The zero-order valence-corrected chi connectivity index (χ0v) is 31.0. The van der Waals surface area contributed by atoms with E-state index in [0.717, 1.165) is 16.7 Å². The van der Waals surface area contributed by atoms with Gasteiger partial charge in [0.25, 0.3) is 5.56 Å². The van der Waals surface area contributed by atoms with Crippen LogP contribution in [0.1, 0.15) is 43.7 Å². The normalized spacial score (nSPS) is 20.0. The van der Waals surface area contributed by atoms with Crippen molar-refractivity contribution in [1.82, 2.24) is 9.55 Å². The lowest BCUT2D eigenvalue weighted by Crippen LogP contribution is -2.52. The Kier molecular flexibility index (Phi) is 11.3. The quantitative estimate of drug-likeness (QED) is 0.110. The van der Waals surface area contributed by atoms with Gasteiger partial charge in [0, 0.05) is 12.3 Å². The van der Waals surface area contributed by atoms with Gasteiger partial charge in [0.1, 0.15) is 42.0 Å². The van der Waals surface area contributed by atoms with Gasteiger partial charge in [-0.05, 0) is 63.7 Å². The third-order valence-corrected chi connectivity index (χ3v) is 14.3. The maximum Gasteiger partial charge on any atom is 0.488 e. The minimum Gasteiger partial charge on any atom is -0.566 e. The molecule has 0 spiro atoms. The second-order valence-corrected chi connectivity index (χ2v) is 19.0.